The number of anilines is 4. The SMILES string of the molecule is CC(=O)N1CC=C(c2cc(Br)cc3[nH]ncc23)CC1.CC(=O)N1CCN(c2cc(C3CC3)cc3[nH]ncc23)CC1(C)C.CC1(C)CN(c2cc(C3CC3)cc3[nH]ncc23)CCN1S(C)(=O)=O.CN(CC1CCN(c2cc(Cl)cc3[nH]ncc23)CC1)S(C)(=O)=O.O=C(CO)N1CCN(c2cc(Cl)cc3[nH]ncc23)CC1. The molecular formula is C77H98BrCl2N19O8S2. The second kappa shape index (κ2) is 32.5. The minimum atomic E-state index is -3.19. The second-order valence-electron chi connectivity index (χ2n) is 31.0. The molecule has 0 bridgehead atoms. The maximum Gasteiger partial charge on any atom is 0.248 e. The van der Waals surface area contributed by atoms with Crippen molar-refractivity contribution in [2.75, 3.05) is 144 Å². The van der Waals surface area contributed by atoms with E-state index in [1.54, 1.807) is 36.3 Å². The number of halogens is 3. The number of nitrogens with zero attached hydrogens (tertiary/aromatic N) is 14. The van der Waals surface area contributed by atoms with E-state index in [1.807, 2.05) is 78.8 Å². The number of aromatic nitrogens is 10. The molecule has 0 unspecified atom stereocenters. The fourth-order valence-corrected chi connectivity index (χ4v) is 18.7. The molecule has 5 aromatic heterocycles. The lowest BCUT2D eigenvalue weighted by Gasteiger charge is -2.47. The summed E-state index contributed by atoms with van der Waals surface area (Å²) in [4.78, 5) is 49.4. The molecule has 32 heteroatoms. The molecular weight excluding hydrogens is 1530 g/mol. The highest BCUT2D eigenvalue weighted by molar-refractivity contribution is 9.10. The van der Waals surface area contributed by atoms with Crippen molar-refractivity contribution < 1.29 is 36.3 Å². The van der Waals surface area contributed by atoms with Crippen LogP contribution < -0.4 is 19.6 Å². The maximum absolute atomic E-state index is 12.1. The third-order valence-electron chi connectivity index (χ3n) is 22.1. The predicted molar refractivity (Wildman–Crippen MR) is 437 cm³/mol. The Morgan fingerprint density at radius 2 is 0.972 bits per heavy atom. The molecule has 3 amide bonds. The summed E-state index contributed by atoms with van der Waals surface area (Å²) in [6, 6.07) is 20.8. The fraction of sp³-hybridized carbons (Fsp3) is 0.481. The van der Waals surface area contributed by atoms with Crippen LogP contribution in [0.15, 0.2) is 102 Å². The number of amides is 3. The zero-order valence-electron chi connectivity index (χ0n) is 63.2. The Balaban J connectivity index is 0.000000120. The summed E-state index contributed by atoms with van der Waals surface area (Å²) in [6.07, 6.45) is 21.9. The minimum absolute atomic E-state index is 0.137. The molecule has 0 atom stereocenters. The fourth-order valence-electron chi connectivity index (χ4n) is 16.0. The highest BCUT2D eigenvalue weighted by atomic mass is 79.9. The van der Waals surface area contributed by atoms with Crippen molar-refractivity contribution in [1.29, 1.82) is 0 Å². The van der Waals surface area contributed by atoms with Crippen LogP contribution in [0.3, 0.4) is 0 Å². The molecule has 2 aliphatic carbocycles. The standard InChI is InChI=1S/C18H24N4O.C17H24N4O2S.C15H21ClN4O2S.C14H14BrN3O.C13H15ClN4O2/c1-12(23)22-7-6-21(11-18(22,2)3)17-9-14(13-4-5-13)8-16-15(17)10-19-20-16;1-17(2)11-20(6-7-21(17)24(3,22)23)16-9-13(12-4-5-12)8-15-14(16)10-18-19-15;1-19(23(2,21)22)10-11-3-5-20(6-4-11)15-8-12(16)7-14-13(15)9-17-18-14;1-9(19)18-4-2-10(3-5-18)12-6-11(15)7-14-13(12)8-16-17-14;14-9-5-11-10(7-15-16-11)12(6-9)17-1-3-18(4-2-17)13(20)8-19/h8-10,13H,4-7,11H2,1-3H3,(H,19,20);8-10,12H,4-7,11H2,1-3H3,(H,18,19);7-9,11H,3-6,10H2,1-2H3,(H,17,18);2,6-8H,3-5H2,1H3,(H,16,17);5-7,19H,1-4,8H2,(H,15,16). The van der Waals surface area contributed by atoms with Gasteiger partial charge in [-0.2, -0.15) is 29.8 Å². The molecule has 6 N–H and O–H groups in total. The lowest BCUT2D eigenvalue weighted by atomic mass is 9.96. The number of sulfonamides is 2. The largest absolute Gasteiger partial charge is 0.387 e. The van der Waals surface area contributed by atoms with Gasteiger partial charge in [0.05, 0.1) is 76.6 Å². The molecule has 109 heavy (non-hydrogen) atoms. The van der Waals surface area contributed by atoms with Gasteiger partial charge in [-0.25, -0.2) is 21.1 Å². The second-order valence-corrected chi connectivity index (χ2v) is 36.8. The number of carbonyl (C=O) groups is 3. The molecule has 10 heterocycles. The lowest BCUT2D eigenvalue weighted by molar-refractivity contribution is -0.135. The number of hydrogen-bond donors (Lipinski definition) is 6. The molecule has 2 saturated carbocycles. The Kier molecular flexibility index (Phi) is 23.5. The van der Waals surface area contributed by atoms with Crippen LogP contribution >= 0.6 is 39.1 Å². The Hall–Kier alpha value is -8.36. The third kappa shape index (κ3) is 18.3. The van der Waals surface area contributed by atoms with Gasteiger partial charge in [0.2, 0.25) is 37.8 Å². The zero-order valence-corrected chi connectivity index (χ0v) is 68.0. The highest BCUT2D eigenvalue weighted by Crippen LogP contribution is 2.46. The summed E-state index contributed by atoms with van der Waals surface area (Å²) in [7, 11) is -4.65. The van der Waals surface area contributed by atoms with E-state index in [2.05, 4.69) is 137 Å². The van der Waals surface area contributed by atoms with Gasteiger partial charge in [0.1, 0.15) is 6.61 Å². The van der Waals surface area contributed by atoms with Gasteiger partial charge < -0.3 is 39.4 Å². The van der Waals surface area contributed by atoms with E-state index in [9.17, 15) is 31.2 Å². The van der Waals surface area contributed by atoms with Crippen molar-refractivity contribution in [1.82, 2.24) is 74.3 Å². The number of piperidine rings is 1. The van der Waals surface area contributed by atoms with Gasteiger partial charge in [0.15, 0.2) is 0 Å². The third-order valence-corrected chi connectivity index (χ3v) is 25.7. The number of aliphatic hydroxyl groups is 1. The Bertz CT molecular complexity index is 5250. The van der Waals surface area contributed by atoms with E-state index in [1.165, 1.54) is 81.5 Å². The Labute approximate surface area is 654 Å². The minimum Gasteiger partial charge on any atom is -0.387 e. The van der Waals surface area contributed by atoms with Crippen LogP contribution in [-0.2, 0) is 34.4 Å². The van der Waals surface area contributed by atoms with Crippen LogP contribution in [0.1, 0.15) is 115 Å². The quantitative estimate of drug-likeness (QED) is 0.0662. The van der Waals surface area contributed by atoms with E-state index < -0.39 is 32.2 Å². The first-order valence-corrected chi connectivity index (χ1v) is 42.5. The first-order chi connectivity index (χ1) is 51.9. The molecule has 6 fully saturated rings. The average Bonchev–Trinajstić information content (AvgIpc) is 1.76. The number of aromatic amines is 5. The van der Waals surface area contributed by atoms with Crippen molar-refractivity contribution in [3.63, 3.8) is 0 Å². The van der Waals surface area contributed by atoms with Gasteiger partial charge >= 0.3 is 0 Å². The van der Waals surface area contributed by atoms with E-state index in [4.69, 9.17) is 28.3 Å². The van der Waals surface area contributed by atoms with Crippen LogP contribution in [0, 0.1) is 5.92 Å². The van der Waals surface area contributed by atoms with E-state index in [0.717, 1.165) is 124 Å². The van der Waals surface area contributed by atoms with Gasteiger partial charge in [0.25, 0.3) is 0 Å². The van der Waals surface area contributed by atoms with Crippen molar-refractivity contribution >= 4 is 160 Å². The van der Waals surface area contributed by atoms with Gasteiger partial charge in [0, 0.05) is 189 Å². The van der Waals surface area contributed by atoms with E-state index in [0.29, 0.717) is 86.7 Å². The van der Waals surface area contributed by atoms with Gasteiger partial charge in [-0.1, -0.05) is 45.2 Å². The van der Waals surface area contributed by atoms with Crippen LogP contribution in [0.25, 0.3) is 60.1 Å². The first-order valence-electron chi connectivity index (χ1n) is 37.2. The average molecular weight is 1630 g/mol. The number of rotatable bonds is 12. The number of carbonyl (C=O) groups excluding carboxylic acids is 3. The number of H-pyrrole nitrogens is 5. The predicted octanol–water partition coefficient (Wildman–Crippen LogP) is 11.3. The van der Waals surface area contributed by atoms with E-state index in [-0.39, 0.29) is 23.3 Å². The molecule has 5 aliphatic heterocycles. The summed E-state index contributed by atoms with van der Waals surface area (Å²) in [6.45, 7) is 22.0. The molecule has 10 aromatic rings. The highest BCUT2D eigenvalue weighted by Gasteiger charge is 2.41. The number of benzene rings is 5. The Morgan fingerprint density at radius 3 is 1.39 bits per heavy atom. The zero-order chi connectivity index (χ0) is 77.4. The van der Waals surface area contributed by atoms with Gasteiger partial charge in [-0.15, -0.1) is 0 Å². The normalized spacial score (nSPS) is 18.6. The van der Waals surface area contributed by atoms with Crippen LogP contribution in [0.5, 0.6) is 0 Å². The topological polar surface area (TPSA) is 312 Å². The molecule has 7 aliphatic rings. The molecule has 5 aromatic carbocycles. The van der Waals surface area contributed by atoms with Crippen LogP contribution in [0.2, 0.25) is 10.0 Å². The Morgan fingerprint density at radius 1 is 0.532 bits per heavy atom. The van der Waals surface area contributed by atoms with Crippen LogP contribution in [-0.4, -0.2) is 249 Å². The van der Waals surface area contributed by atoms with Crippen molar-refractivity contribution in [3.8, 4) is 0 Å². The summed E-state index contributed by atoms with van der Waals surface area (Å²) in [5.74, 6) is 1.86. The van der Waals surface area contributed by atoms with E-state index >= 15 is 0 Å². The van der Waals surface area contributed by atoms with Gasteiger partial charge in [-0.3, -0.25) is 39.9 Å². The molecule has 0 spiro atoms. The number of nitrogens with one attached hydrogen (secondary N) is 5. The van der Waals surface area contributed by atoms with Crippen molar-refractivity contribution in [2.24, 2.45) is 5.92 Å². The maximum atomic E-state index is 12.1. The molecule has 582 valence electrons. The summed E-state index contributed by atoms with van der Waals surface area (Å²) < 4.78 is 51.3. The van der Waals surface area contributed by atoms with Crippen molar-refractivity contribution in [3.05, 3.63) is 129 Å². The lowest BCUT2D eigenvalue weighted by Crippen LogP contribution is -2.60. The molecule has 4 saturated heterocycles. The van der Waals surface area contributed by atoms with Gasteiger partial charge in [-0.05, 0) is 173 Å². The molecule has 17 rings (SSSR count). The van der Waals surface area contributed by atoms with Crippen LogP contribution in [0.4, 0.5) is 22.7 Å². The molecule has 0 radical (unpaired) electrons. The molecule has 27 nitrogen and oxygen atoms in total. The number of aliphatic hydroxyl groups excluding tert-OH is 1. The number of fused-ring (bicyclic) bond motifs is 5. The smallest absolute Gasteiger partial charge is 0.248 e. The summed E-state index contributed by atoms with van der Waals surface area (Å²) in [5.41, 5.74) is 14.3. The summed E-state index contributed by atoms with van der Waals surface area (Å²) in [5, 5.41) is 51.5. The number of piperazine rings is 3. The first kappa shape index (κ1) is 78.8. The summed E-state index contributed by atoms with van der Waals surface area (Å²) >= 11 is 15.9. The van der Waals surface area contributed by atoms with Crippen molar-refractivity contribution in [2.45, 2.75) is 109 Å². The number of hydrogen-bond acceptors (Lipinski definition) is 17. The monoisotopic (exact) mass is 1630 g/mol.